The van der Waals surface area contributed by atoms with Crippen LogP contribution in [-0.2, 0) is 16.3 Å². The van der Waals surface area contributed by atoms with E-state index >= 15 is 0 Å². The van der Waals surface area contributed by atoms with Gasteiger partial charge in [-0.3, -0.25) is 0 Å². The third-order valence-corrected chi connectivity index (χ3v) is 4.49. The first-order chi connectivity index (χ1) is 7.61. The van der Waals surface area contributed by atoms with Crippen molar-refractivity contribution in [1.82, 2.24) is 4.98 Å². The van der Waals surface area contributed by atoms with Crippen molar-refractivity contribution in [2.24, 2.45) is 0 Å². The van der Waals surface area contributed by atoms with E-state index in [1.807, 2.05) is 23.2 Å². The number of hydrogen-bond donors (Lipinski definition) is 0. The number of aromatic nitrogens is 1. The Bertz CT molecular complexity index is 439. The maximum atomic E-state index is 11.3. The van der Waals surface area contributed by atoms with E-state index in [9.17, 15) is 8.42 Å². The highest BCUT2D eigenvalue weighted by atomic mass is 32.2. The Labute approximate surface area is 96.2 Å². The quantitative estimate of drug-likeness (QED) is 0.770. The Balaban J connectivity index is 2.08. The molecule has 0 unspecified atom stereocenters. The molecule has 2 rings (SSSR count). The van der Waals surface area contributed by atoms with Crippen molar-refractivity contribution < 1.29 is 8.42 Å². The Hall–Kier alpha value is -1.10. The normalized spacial score (nSPS) is 19.7. The van der Waals surface area contributed by atoms with Gasteiger partial charge in [0.2, 0.25) is 0 Å². The van der Waals surface area contributed by atoms with Gasteiger partial charge in [0.05, 0.1) is 11.5 Å². The van der Waals surface area contributed by atoms with E-state index in [1.54, 1.807) is 0 Å². The number of nitrogens with zero attached hydrogens (tertiary/aromatic N) is 2. The summed E-state index contributed by atoms with van der Waals surface area (Å²) in [5, 5.41) is 0. The van der Waals surface area contributed by atoms with Crippen LogP contribution in [0.15, 0.2) is 18.3 Å². The van der Waals surface area contributed by atoms with Gasteiger partial charge in [-0.25, -0.2) is 13.4 Å². The number of hydrogen-bond acceptors (Lipinski definition) is 4. The molecule has 1 aromatic heterocycles. The van der Waals surface area contributed by atoms with E-state index in [4.69, 9.17) is 0 Å². The molecule has 16 heavy (non-hydrogen) atoms. The number of anilines is 1. The topological polar surface area (TPSA) is 50.3 Å². The van der Waals surface area contributed by atoms with Gasteiger partial charge >= 0.3 is 0 Å². The molecule has 1 fully saturated rings. The fourth-order valence-electron chi connectivity index (χ4n) is 1.75. The van der Waals surface area contributed by atoms with Crippen molar-refractivity contribution in [1.29, 1.82) is 0 Å². The molecule has 1 aromatic rings. The molecular weight excluding hydrogens is 224 g/mol. The minimum Gasteiger partial charge on any atom is -0.355 e. The first-order valence-electron chi connectivity index (χ1n) is 5.51. The van der Waals surface area contributed by atoms with Crippen molar-refractivity contribution in [3.8, 4) is 0 Å². The molecule has 0 bridgehead atoms. The fourth-order valence-corrected chi connectivity index (χ4v) is 2.96. The molecule has 0 saturated carbocycles. The lowest BCUT2D eigenvalue weighted by atomic mass is 10.2. The molecule has 1 saturated heterocycles. The predicted octanol–water partition coefficient (Wildman–Crippen LogP) is 0.879. The van der Waals surface area contributed by atoms with Gasteiger partial charge in [0, 0.05) is 19.3 Å². The lowest BCUT2D eigenvalue weighted by Gasteiger charge is -2.27. The SMILES string of the molecule is CCc1ccc(N2CCS(=O)(=O)CC2)nc1. The molecule has 1 aliphatic heterocycles. The van der Waals surface area contributed by atoms with E-state index in [-0.39, 0.29) is 11.5 Å². The molecule has 0 aromatic carbocycles. The summed E-state index contributed by atoms with van der Waals surface area (Å²) in [5.41, 5.74) is 1.20. The minimum absolute atomic E-state index is 0.240. The number of rotatable bonds is 2. The third kappa shape index (κ3) is 2.52. The summed E-state index contributed by atoms with van der Waals surface area (Å²) in [5.74, 6) is 1.36. The van der Waals surface area contributed by atoms with Gasteiger partial charge < -0.3 is 4.90 Å². The lowest BCUT2D eigenvalue weighted by Crippen LogP contribution is -2.40. The number of pyridine rings is 1. The molecule has 2 heterocycles. The van der Waals surface area contributed by atoms with Crippen LogP contribution in [0.2, 0.25) is 0 Å². The highest BCUT2D eigenvalue weighted by molar-refractivity contribution is 7.91. The van der Waals surface area contributed by atoms with Crippen LogP contribution in [0.4, 0.5) is 5.82 Å². The average Bonchev–Trinajstić information content (AvgIpc) is 2.29. The molecule has 0 atom stereocenters. The van der Waals surface area contributed by atoms with Crippen LogP contribution >= 0.6 is 0 Å². The Morgan fingerprint density at radius 3 is 2.50 bits per heavy atom. The van der Waals surface area contributed by atoms with Gasteiger partial charge in [-0.1, -0.05) is 13.0 Å². The molecule has 5 heteroatoms. The summed E-state index contributed by atoms with van der Waals surface area (Å²) in [6.45, 7) is 3.20. The molecule has 0 radical (unpaired) electrons. The average molecular weight is 240 g/mol. The summed E-state index contributed by atoms with van der Waals surface area (Å²) >= 11 is 0. The fraction of sp³-hybridized carbons (Fsp3) is 0.545. The highest BCUT2D eigenvalue weighted by Gasteiger charge is 2.22. The van der Waals surface area contributed by atoms with Crippen molar-refractivity contribution in [3.05, 3.63) is 23.9 Å². The maximum Gasteiger partial charge on any atom is 0.153 e. The summed E-state index contributed by atoms with van der Waals surface area (Å²) in [6.07, 6.45) is 2.83. The molecular formula is C11H16N2O2S. The smallest absolute Gasteiger partial charge is 0.153 e. The first kappa shape index (κ1) is 11.4. The van der Waals surface area contributed by atoms with Crippen LogP contribution < -0.4 is 4.90 Å². The van der Waals surface area contributed by atoms with Gasteiger partial charge in [-0.05, 0) is 18.1 Å². The summed E-state index contributed by atoms with van der Waals surface area (Å²) in [7, 11) is -2.81. The van der Waals surface area contributed by atoms with Crippen molar-refractivity contribution >= 4 is 15.7 Å². The van der Waals surface area contributed by atoms with Gasteiger partial charge in [0.1, 0.15) is 5.82 Å². The Morgan fingerprint density at radius 2 is 2.00 bits per heavy atom. The van der Waals surface area contributed by atoms with Crippen LogP contribution in [0, 0.1) is 0 Å². The largest absolute Gasteiger partial charge is 0.355 e. The lowest BCUT2D eigenvalue weighted by molar-refractivity contribution is 0.586. The predicted molar refractivity (Wildman–Crippen MR) is 64.5 cm³/mol. The van der Waals surface area contributed by atoms with Gasteiger partial charge in [-0.2, -0.15) is 0 Å². The second-order valence-electron chi connectivity index (χ2n) is 4.02. The van der Waals surface area contributed by atoms with Crippen molar-refractivity contribution in [3.63, 3.8) is 0 Å². The summed E-state index contributed by atoms with van der Waals surface area (Å²) in [6, 6.07) is 4.02. The van der Waals surface area contributed by atoms with Crippen LogP contribution in [-0.4, -0.2) is 38.0 Å². The highest BCUT2D eigenvalue weighted by Crippen LogP contribution is 2.14. The van der Waals surface area contributed by atoms with Crippen LogP contribution in [0.5, 0.6) is 0 Å². The minimum atomic E-state index is -2.81. The number of aryl methyl sites for hydroxylation is 1. The summed E-state index contributed by atoms with van der Waals surface area (Å²) < 4.78 is 22.6. The zero-order chi connectivity index (χ0) is 11.6. The molecule has 0 spiro atoms. The standard InChI is InChI=1S/C11H16N2O2S/c1-2-10-3-4-11(12-9-10)13-5-7-16(14,15)8-6-13/h3-4,9H,2,5-8H2,1H3. The van der Waals surface area contributed by atoms with Crippen molar-refractivity contribution in [2.75, 3.05) is 29.5 Å². The van der Waals surface area contributed by atoms with E-state index in [2.05, 4.69) is 11.9 Å². The zero-order valence-corrected chi connectivity index (χ0v) is 10.2. The van der Waals surface area contributed by atoms with E-state index in [0.29, 0.717) is 13.1 Å². The molecule has 0 N–H and O–H groups in total. The van der Waals surface area contributed by atoms with Gasteiger partial charge in [0.15, 0.2) is 9.84 Å². The van der Waals surface area contributed by atoms with E-state index in [0.717, 1.165) is 12.2 Å². The van der Waals surface area contributed by atoms with Crippen LogP contribution in [0.1, 0.15) is 12.5 Å². The molecule has 0 amide bonds. The van der Waals surface area contributed by atoms with Gasteiger partial charge in [-0.15, -0.1) is 0 Å². The molecule has 1 aliphatic rings. The first-order valence-corrected chi connectivity index (χ1v) is 7.33. The monoisotopic (exact) mass is 240 g/mol. The Morgan fingerprint density at radius 1 is 1.31 bits per heavy atom. The second kappa shape index (κ2) is 4.41. The zero-order valence-electron chi connectivity index (χ0n) is 9.39. The Kier molecular flexibility index (Phi) is 3.14. The number of sulfone groups is 1. The second-order valence-corrected chi connectivity index (χ2v) is 6.32. The molecule has 4 nitrogen and oxygen atoms in total. The van der Waals surface area contributed by atoms with Crippen molar-refractivity contribution in [2.45, 2.75) is 13.3 Å². The molecule has 0 aliphatic carbocycles. The van der Waals surface area contributed by atoms with Crippen LogP contribution in [0.25, 0.3) is 0 Å². The maximum absolute atomic E-state index is 11.3. The van der Waals surface area contributed by atoms with E-state index < -0.39 is 9.84 Å². The summed E-state index contributed by atoms with van der Waals surface area (Å²) in [4.78, 5) is 6.38. The van der Waals surface area contributed by atoms with Crippen LogP contribution in [0.3, 0.4) is 0 Å². The molecule has 88 valence electrons. The van der Waals surface area contributed by atoms with Gasteiger partial charge in [0.25, 0.3) is 0 Å². The van der Waals surface area contributed by atoms with E-state index in [1.165, 1.54) is 5.56 Å². The third-order valence-electron chi connectivity index (χ3n) is 2.89.